The summed E-state index contributed by atoms with van der Waals surface area (Å²) < 4.78 is 0. The number of hydrogen-bond donors (Lipinski definition) is 4. The third-order valence-electron chi connectivity index (χ3n) is 5.37. The molecule has 1 aliphatic carbocycles. The molecule has 0 heterocycles. The summed E-state index contributed by atoms with van der Waals surface area (Å²) in [5.41, 5.74) is 0. The fourth-order valence-corrected chi connectivity index (χ4v) is 3.82. The van der Waals surface area contributed by atoms with Crippen LogP contribution in [0.4, 0.5) is 0 Å². The van der Waals surface area contributed by atoms with Crippen LogP contribution < -0.4 is 0 Å². The number of unbranched alkanes of at least 4 members (excludes halogenated alkanes) is 5. The molecular weight excluding hydrogens is 336 g/mol. The molecule has 6 heteroatoms. The first-order valence-electron chi connectivity index (χ1n) is 10.1. The number of rotatable bonds is 14. The van der Waals surface area contributed by atoms with Gasteiger partial charge in [0, 0.05) is 18.8 Å². The molecule has 5 atom stereocenters. The van der Waals surface area contributed by atoms with Gasteiger partial charge in [0.05, 0.1) is 12.2 Å². The molecule has 26 heavy (non-hydrogen) atoms. The molecule has 4 unspecified atom stereocenters. The van der Waals surface area contributed by atoms with Gasteiger partial charge in [0.25, 0.3) is 0 Å². The molecule has 4 N–H and O–H groups in total. The summed E-state index contributed by atoms with van der Waals surface area (Å²) >= 11 is 0. The van der Waals surface area contributed by atoms with Crippen molar-refractivity contribution >= 4 is 5.97 Å². The molecule has 1 aliphatic rings. The first kappa shape index (κ1) is 23.1. The fraction of sp³-hybridized carbons (Fsp3) is 0.850. The molecule has 0 aromatic rings. The Morgan fingerprint density at radius 3 is 2.50 bits per heavy atom. The summed E-state index contributed by atoms with van der Waals surface area (Å²) in [6.45, 7) is 2.12. The minimum absolute atomic E-state index is 0.00397. The third kappa shape index (κ3) is 8.62. The molecule has 1 fully saturated rings. The van der Waals surface area contributed by atoms with Gasteiger partial charge in [-0.25, -0.2) is 4.89 Å². The van der Waals surface area contributed by atoms with E-state index >= 15 is 0 Å². The van der Waals surface area contributed by atoms with Crippen LogP contribution >= 0.6 is 0 Å². The van der Waals surface area contributed by atoms with E-state index in [-0.39, 0.29) is 24.4 Å². The number of carboxylic acids is 1. The number of carboxylic acid groups (broad SMARTS) is 1. The molecule has 0 saturated heterocycles. The van der Waals surface area contributed by atoms with Crippen molar-refractivity contribution < 1.29 is 30.3 Å². The second-order valence-corrected chi connectivity index (χ2v) is 7.48. The van der Waals surface area contributed by atoms with E-state index < -0.39 is 18.2 Å². The van der Waals surface area contributed by atoms with Crippen molar-refractivity contribution in [1.82, 2.24) is 0 Å². The Hall–Kier alpha value is -0.950. The maximum atomic E-state index is 10.5. The van der Waals surface area contributed by atoms with Crippen LogP contribution in [0.15, 0.2) is 12.2 Å². The highest BCUT2D eigenvalue weighted by molar-refractivity contribution is 5.66. The van der Waals surface area contributed by atoms with E-state index in [1.165, 1.54) is 0 Å². The fourth-order valence-electron chi connectivity index (χ4n) is 3.82. The molecule has 1 saturated carbocycles. The smallest absolute Gasteiger partial charge is 0.303 e. The predicted octanol–water partition coefficient (Wildman–Crippen LogP) is 3.76. The number of aliphatic hydroxyl groups excluding tert-OH is 2. The van der Waals surface area contributed by atoms with Crippen molar-refractivity contribution in [3.63, 3.8) is 0 Å². The summed E-state index contributed by atoms with van der Waals surface area (Å²) in [5, 5.41) is 38.2. The first-order chi connectivity index (χ1) is 12.5. The van der Waals surface area contributed by atoms with Crippen LogP contribution in [-0.2, 0) is 9.68 Å². The Balaban J connectivity index is 2.44. The largest absolute Gasteiger partial charge is 0.481 e. The number of hydrogen-bond acceptors (Lipinski definition) is 5. The van der Waals surface area contributed by atoms with Gasteiger partial charge in [-0.05, 0) is 25.2 Å². The van der Waals surface area contributed by atoms with E-state index in [9.17, 15) is 15.0 Å². The van der Waals surface area contributed by atoms with Gasteiger partial charge in [-0.2, -0.15) is 0 Å². The maximum Gasteiger partial charge on any atom is 0.303 e. The molecule has 0 amide bonds. The topological polar surface area (TPSA) is 107 Å². The van der Waals surface area contributed by atoms with Crippen LogP contribution in [0.2, 0.25) is 0 Å². The van der Waals surface area contributed by atoms with Crippen LogP contribution in [0.3, 0.4) is 0 Å². The van der Waals surface area contributed by atoms with Crippen molar-refractivity contribution in [3.05, 3.63) is 12.2 Å². The lowest BCUT2D eigenvalue weighted by molar-refractivity contribution is -0.267. The van der Waals surface area contributed by atoms with Gasteiger partial charge in [0.2, 0.25) is 0 Å². The van der Waals surface area contributed by atoms with E-state index in [1.54, 1.807) is 6.08 Å². The SMILES string of the molecule is CCCCC[C@@H](/C=C/C1C(O)CC(O)C1CCCCCCC(=O)O)OO. The van der Waals surface area contributed by atoms with Crippen molar-refractivity contribution in [3.8, 4) is 0 Å². The van der Waals surface area contributed by atoms with Crippen molar-refractivity contribution in [2.24, 2.45) is 11.8 Å². The maximum absolute atomic E-state index is 10.5. The Morgan fingerprint density at radius 2 is 1.85 bits per heavy atom. The second-order valence-electron chi connectivity index (χ2n) is 7.48. The normalized spacial score (nSPS) is 27.2. The highest BCUT2D eigenvalue weighted by Crippen LogP contribution is 2.37. The van der Waals surface area contributed by atoms with E-state index in [1.807, 2.05) is 6.08 Å². The molecule has 0 radical (unpaired) electrons. The van der Waals surface area contributed by atoms with Gasteiger partial charge in [0.15, 0.2) is 0 Å². The van der Waals surface area contributed by atoms with Crippen LogP contribution in [0, 0.1) is 11.8 Å². The van der Waals surface area contributed by atoms with Crippen LogP contribution in [0.1, 0.15) is 77.6 Å². The van der Waals surface area contributed by atoms with E-state index in [4.69, 9.17) is 10.4 Å². The summed E-state index contributed by atoms with van der Waals surface area (Å²) in [7, 11) is 0. The summed E-state index contributed by atoms with van der Waals surface area (Å²) in [5.74, 6) is -0.896. The van der Waals surface area contributed by atoms with Gasteiger partial charge < -0.3 is 15.3 Å². The van der Waals surface area contributed by atoms with Crippen molar-refractivity contribution in [2.75, 3.05) is 0 Å². The van der Waals surface area contributed by atoms with Crippen LogP contribution in [0.25, 0.3) is 0 Å². The average Bonchev–Trinajstić information content (AvgIpc) is 2.87. The minimum Gasteiger partial charge on any atom is -0.481 e. The lowest BCUT2D eigenvalue weighted by atomic mass is 9.88. The van der Waals surface area contributed by atoms with E-state index in [0.29, 0.717) is 12.8 Å². The molecule has 6 nitrogen and oxygen atoms in total. The highest BCUT2D eigenvalue weighted by Gasteiger charge is 2.39. The van der Waals surface area contributed by atoms with Crippen molar-refractivity contribution in [1.29, 1.82) is 0 Å². The van der Waals surface area contributed by atoms with Gasteiger partial charge in [-0.1, -0.05) is 57.6 Å². The average molecular weight is 373 g/mol. The Labute approximate surface area is 156 Å². The Bertz CT molecular complexity index is 411. The van der Waals surface area contributed by atoms with Gasteiger partial charge >= 0.3 is 5.97 Å². The Kier molecular flexibility index (Phi) is 11.8. The summed E-state index contributed by atoms with van der Waals surface area (Å²) in [4.78, 5) is 15.0. The molecular formula is C20H36O6. The zero-order chi connectivity index (χ0) is 19.4. The van der Waals surface area contributed by atoms with Crippen LogP contribution in [0.5, 0.6) is 0 Å². The summed E-state index contributed by atoms with van der Waals surface area (Å²) in [6.07, 6.45) is 10.9. The monoisotopic (exact) mass is 372 g/mol. The lowest BCUT2D eigenvalue weighted by Crippen LogP contribution is -2.21. The summed E-state index contributed by atoms with van der Waals surface area (Å²) in [6, 6.07) is 0. The zero-order valence-electron chi connectivity index (χ0n) is 15.9. The quantitative estimate of drug-likeness (QED) is 0.160. The first-order valence-corrected chi connectivity index (χ1v) is 10.1. The molecule has 0 aromatic heterocycles. The van der Waals surface area contributed by atoms with Gasteiger partial charge in [-0.3, -0.25) is 10.1 Å². The number of carbonyl (C=O) groups is 1. The zero-order valence-corrected chi connectivity index (χ0v) is 15.9. The molecule has 1 rings (SSSR count). The Morgan fingerprint density at radius 1 is 1.12 bits per heavy atom. The predicted molar refractivity (Wildman–Crippen MR) is 99.7 cm³/mol. The van der Waals surface area contributed by atoms with Crippen LogP contribution in [-0.4, -0.2) is 44.9 Å². The van der Waals surface area contributed by atoms with Gasteiger partial charge in [0.1, 0.15) is 6.10 Å². The molecule has 0 aromatic carbocycles. The lowest BCUT2D eigenvalue weighted by Gasteiger charge is -2.21. The molecule has 0 aliphatic heterocycles. The van der Waals surface area contributed by atoms with E-state index in [2.05, 4.69) is 11.8 Å². The van der Waals surface area contributed by atoms with Crippen molar-refractivity contribution in [2.45, 2.75) is 95.9 Å². The third-order valence-corrected chi connectivity index (χ3v) is 5.37. The number of aliphatic hydroxyl groups is 2. The molecule has 152 valence electrons. The second kappa shape index (κ2) is 13.3. The minimum atomic E-state index is -0.760. The molecule has 0 spiro atoms. The highest BCUT2D eigenvalue weighted by atomic mass is 17.1. The molecule has 0 bridgehead atoms. The van der Waals surface area contributed by atoms with E-state index in [0.717, 1.165) is 51.4 Å². The standard InChI is InChI=1S/C20H36O6/c1-2-3-6-9-15(26-25)12-13-17-16(18(21)14-19(17)22)10-7-4-5-8-11-20(23)24/h12-13,15-19,21-22,25H,2-11,14H2,1H3,(H,23,24)/b13-12+/t15-,16?,17?,18?,19?/m0/s1. The number of aliphatic carboxylic acids is 1. The van der Waals surface area contributed by atoms with Gasteiger partial charge in [-0.15, -0.1) is 0 Å².